The number of hydrogen-bond donors (Lipinski definition) is 1. The lowest BCUT2D eigenvalue weighted by molar-refractivity contribution is -0.140. The molecule has 0 unspecified atom stereocenters. The molecule has 0 fully saturated rings. The molecule has 3 heteroatoms. The molecule has 0 aliphatic heterocycles. The number of rotatable bonds is 3. The topological polar surface area (TPSA) is 46.5 Å². The smallest absolute Gasteiger partial charge is 0.305 e. The van der Waals surface area contributed by atoms with Gasteiger partial charge in [0.05, 0.1) is 7.11 Å². The predicted octanol–water partition coefficient (Wildman–Crippen LogP) is 0.325. The van der Waals surface area contributed by atoms with Gasteiger partial charge in [-0.05, 0) is 6.42 Å². The second-order valence-electron chi connectivity index (χ2n) is 1.94. The molecule has 0 amide bonds. The van der Waals surface area contributed by atoms with E-state index in [1.165, 1.54) is 7.11 Å². The van der Waals surface area contributed by atoms with Crippen molar-refractivity contribution in [1.29, 1.82) is 0 Å². The first kappa shape index (κ1) is 9.99. The van der Waals surface area contributed by atoms with Gasteiger partial charge in [0.25, 0.3) is 0 Å². The maximum atomic E-state index is 10.5. The van der Waals surface area contributed by atoms with E-state index < -0.39 is 0 Å². The average molecular weight is 156 g/mol. The molecule has 62 valence electrons. The molecule has 0 rings (SSSR count). The summed E-state index contributed by atoms with van der Waals surface area (Å²) in [6.07, 6.45) is 1.73. The third-order valence-electron chi connectivity index (χ3n) is 1.11. The molecule has 0 atom stereocenters. The van der Waals surface area contributed by atoms with Gasteiger partial charge in [0.1, 0.15) is 6.61 Å². The minimum absolute atomic E-state index is 0.113. The van der Waals surface area contributed by atoms with E-state index in [-0.39, 0.29) is 12.6 Å². The number of ether oxygens (including phenoxy) is 1. The van der Waals surface area contributed by atoms with Gasteiger partial charge in [-0.2, -0.15) is 0 Å². The van der Waals surface area contributed by atoms with Crippen LogP contribution in [0.1, 0.15) is 19.3 Å². The van der Waals surface area contributed by atoms with Crippen LogP contribution in [0.3, 0.4) is 0 Å². The number of aliphatic hydroxyl groups excluding tert-OH is 1. The molecule has 0 aliphatic carbocycles. The van der Waals surface area contributed by atoms with E-state index in [0.717, 1.165) is 0 Å². The molecule has 0 saturated heterocycles. The molecule has 11 heavy (non-hydrogen) atoms. The molecule has 0 saturated carbocycles. The van der Waals surface area contributed by atoms with Crippen molar-refractivity contribution in [2.45, 2.75) is 19.3 Å². The van der Waals surface area contributed by atoms with E-state index in [1.54, 1.807) is 0 Å². The van der Waals surface area contributed by atoms with Gasteiger partial charge in [-0.15, -0.1) is 5.92 Å². The summed E-state index contributed by atoms with van der Waals surface area (Å²) in [4.78, 5) is 10.5. The summed E-state index contributed by atoms with van der Waals surface area (Å²) in [5.41, 5.74) is 0. The second kappa shape index (κ2) is 7.10. The van der Waals surface area contributed by atoms with E-state index >= 15 is 0 Å². The molecule has 1 N–H and O–H groups in total. The van der Waals surface area contributed by atoms with Crippen LogP contribution in [0.25, 0.3) is 0 Å². The minimum Gasteiger partial charge on any atom is -0.469 e. The SMILES string of the molecule is COC(=O)CCCC#CCO. The Morgan fingerprint density at radius 1 is 1.55 bits per heavy atom. The van der Waals surface area contributed by atoms with E-state index in [4.69, 9.17) is 5.11 Å². The van der Waals surface area contributed by atoms with Crippen LogP contribution in [0.4, 0.5) is 0 Å². The van der Waals surface area contributed by atoms with Gasteiger partial charge in [-0.3, -0.25) is 4.79 Å². The Kier molecular flexibility index (Phi) is 6.45. The number of esters is 1. The lowest BCUT2D eigenvalue weighted by Crippen LogP contribution is -1.98. The normalized spacial score (nSPS) is 8.18. The van der Waals surface area contributed by atoms with Crippen LogP contribution >= 0.6 is 0 Å². The zero-order chi connectivity index (χ0) is 8.53. The van der Waals surface area contributed by atoms with Crippen molar-refractivity contribution in [1.82, 2.24) is 0 Å². The summed E-state index contributed by atoms with van der Waals surface area (Å²) < 4.78 is 4.42. The molecule has 0 bridgehead atoms. The lowest BCUT2D eigenvalue weighted by atomic mass is 10.2. The zero-order valence-corrected chi connectivity index (χ0v) is 6.59. The minimum atomic E-state index is -0.212. The van der Waals surface area contributed by atoms with Crippen LogP contribution in [0.15, 0.2) is 0 Å². The summed E-state index contributed by atoms with van der Waals surface area (Å²) in [6, 6.07) is 0. The van der Waals surface area contributed by atoms with E-state index in [2.05, 4.69) is 16.6 Å². The van der Waals surface area contributed by atoms with Crippen molar-refractivity contribution in [2.24, 2.45) is 0 Å². The number of methoxy groups -OCH3 is 1. The molecule has 0 aliphatic rings. The summed E-state index contributed by atoms with van der Waals surface area (Å²) in [6.45, 7) is -0.113. The molecule has 3 nitrogen and oxygen atoms in total. The maximum Gasteiger partial charge on any atom is 0.305 e. The van der Waals surface area contributed by atoms with Gasteiger partial charge in [-0.25, -0.2) is 0 Å². The first-order valence-electron chi connectivity index (χ1n) is 3.44. The van der Waals surface area contributed by atoms with Crippen molar-refractivity contribution < 1.29 is 14.6 Å². The molecule has 0 aromatic heterocycles. The number of carbonyl (C=O) groups is 1. The van der Waals surface area contributed by atoms with E-state index in [1.807, 2.05) is 0 Å². The summed E-state index contributed by atoms with van der Waals surface area (Å²) >= 11 is 0. The Labute approximate surface area is 66.4 Å². The van der Waals surface area contributed by atoms with Crippen LogP contribution in [0.2, 0.25) is 0 Å². The van der Waals surface area contributed by atoms with Gasteiger partial charge in [0.15, 0.2) is 0 Å². The largest absolute Gasteiger partial charge is 0.469 e. The highest BCUT2D eigenvalue weighted by Gasteiger charge is 1.96. The molecule has 0 heterocycles. The van der Waals surface area contributed by atoms with Crippen LogP contribution in [-0.2, 0) is 9.53 Å². The van der Waals surface area contributed by atoms with Crippen molar-refractivity contribution in [3.05, 3.63) is 0 Å². The van der Waals surface area contributed by atoms with E-state index in [0.29, 0.717) is 19.3 Å². The quantitative estimate of drug-likeness (QED) is 0.364. The van der Waals surface area contributed by atoms with Crippen LogP contribution in [0, 0.1) is 11.8 Å². The fraction of sp³-hybridized carbons (Fsp3) is 0.625. The Morgan fingerprint density at radius 3 is 2.82 bits per heavy atom. The van der Waals surface area contributed by atoms with Crippen LogP contribution < -0.4 is 0 Å². The van der Waals surface area contributed by atoms with Crippen LogP contribution in [0.5, 0.6) is 0 Å². The predicted molar refractivity (Wildman–Crippen MR) is 40.7 cm³/mol. The molecular formula is C8H12O3. The van der Waals surface area contributed by atoms with Crippen molar-refractivity contribution in [2.75, 3.05) is 13.7 Å². The average Bonchev–Trinajstić information content (AvgIpc) is 2.04. The highest BCUT2D eigenvalue weighted by Crippen LogP contribution is 1.94. The first-order chi connectivity index (χ1) is 5.31. The van der Waals surface area contributed by atoms with Crippen LogP contribution in [-0.4, -0.2) is 24.8 Å². The molecule has 0 radical (unpaired) electrons. The monoisotopic (exact) mass is 156 g/mol. The summed E-state index contributed by atoms with van der Waals surface area (Å²) in [5.74, 6) is 4.99. The Morgan fingerprint density at radius 2 is 2.27 bits per heavy atom. The number of aliphatic hydroxyl groups is 1. The lowest BCUT2D eigenvalue weighted by Gasteiger charge is -1.93. The Bertz CT molecular complexity index is 164. The van der Waals surface area contributed by atoms with Gasteiger partial charge in [0, 0.05) is 12.8 Å². The Balaban J connectivity index is 3.21. The fourth-order valence-corrected chi connectivity index (χ4v) is 0.567. The van der Waals surface area contributed by atoms with Gasteiger partial charge in [0.2, 0.25) is 0 Å². The third kappa shape index (κ3) is 6.88. The maximum absolute atomic E-state index is 10.5. The van der Waals surface area contributed by atoms with Gasteiger partial charge in [-0.1, -0.05) is 5.92 Å². The highest BCUT2D eigenvalue weighted by atomic mass is 16.5. The fourth-order valence-electron chi connectivity index (χ4n) is 0.567. The number of hydrogen-bond acceptors (Lipinski definition) is 3. The standard InChI is InChI=1S/C8H12O3/c1-11-8(10)6-4-2-3-5-7-9/h9H,2,4,6-7H2,1H3. The number of unbranched alkanes of at least 4 members (excludes halogenated alkanes) is 1. The molecule has 0 spiro atoms. The molecular weight excluding hydrogens is 144 g/mol. The highest BCUT2D eigenvalue weighted by molar-refractivity contribution is 5.69. The van der Waals surface area contributed by atoms with Crippen molar-refractivity contribution >= 4 is 5.97 Å². The molecule has 0 aromatic carbocycles. The third-order valence-corrected chi connectivity index (χ3v) is 1.11. The van der Waals surface area contributed by atoms with Crippen molar-refractivity contribution in [3.63, 3.8) is 0 Å². The van der Waals surface area contributed by atoms with E-state index in [9.17, 15) is 4.79 Å². The number of carbonyl (C=O) groups excluding carboxylic acids is 1. The second-order valence-corrected chi connectivity index (χ2v) is 1.94. The van der Waals surface area contributed by atoms with Crippen molar-refractivity contribution in [3.8, 4) is 11.8 Å². The van der Waals surface area contributed by atoms with Gasteiger partial charge < -0.3 is 9.84 Å². The molecule has 0 aromatic rings. The first-order valence-corrected chi connectivity index (χ1v) is 3.44. The Hall–Kier alpha value is -1.01. The zero-order valence-electron chi connectivity index (χ0n) is 6.59. The summed E-state index contributed by atoms with van der Waals surface area (Å²) in [5, 5.41) is 8.26. The summed E-state index contributed by atoms with van der Waals surface area (Å²) in [7, 11) is 1.36. The van der Waals surface area contributed by atoms with Gasteiger partial charge >= 0.3 is 5.97 Å².